The van der Waals surface area contributed by atoms with Crippen molar-refractivity contribution in [3.05, 3.63) is 119 Å². The summed E-state index contributed by atoms with van der Waals surface area (Å²) in [5.74, 6) is 1.10. The predicted octanol–water partition coefficient (Wildman–Crippen LogP) is 6.63. The maximum Gasteiger partial charge on any atom is 0.223 e. The molecule has 2 aromatic heterocycles. The van der Waals surface area contributed by atoms with Crippen molar-refractivity contribution >= 4 is 33.8 Å². The molecule has 5 nitrogen and oxygen atoms in total. The number of methoxy groups -OCH3 is 1. The summed E-state index contributed by atoms with van der Waals surface area (Å²) in [4.78, 5) is 18.1. The molecule has 6 rings (SSSR count). The zero-order valence-electron chi connectivity index (χ0n) is 22.2. The third-order valence-electron chi connectivity index (χ3n) is 7.78. The van der Waals surface area contributed by atoms with Gasteiger partial charge in [0.25, 0.3) is 0 Å². The standard InChI is InChI=1S/C33H33N3O2S/c1-38-28-13-11-27(12-14-28)34-16-18-35(19-17-34)33(37)21-30(26-15-20-39-24-26)31-23-36(22-25-7-3-2-4-8-25)32-10-6-5-9-29(31)32/h2-15,20,23-24,30H,16-19,21-22H2,1H3. The van der Waals surface area contributed by atoms with Gasteiger partial charge in [0.1, 0.15) is 5.75 Å². The first-order valence-electron chi connectivity index (χ1n) is 13.5. The number of aromatic nitrogens is 1. The number of anilines is 1. The van der Waals surface area contributed by atoms with Crippen LogP contribution in [0.15, 0.2) is 102 Å². The zero-order chi connectivity index (χ0) is 26.6. The molecule has 1 atom stereocenters. The van der Waals surface area contributed by atoms with E-state index < -0.39 is 0 Å². The molecule has 0 saturated carbocycles. The number of fused-ring (bicyclic) bond motifs is 1. The first-order chi connectivity index (χ1) is 19.2. The summed E-state index contributed by atoms with van der Waals surface area (Å²) in [7, 11) is 1.68. The van der Waals surface area contributed by atoms with Crippen molar-refractivity contribution in [3.8, 4) is 5.75 Å². The van der Waals surface area contributed by atoms with Gasteiger partial charge in [-0.3, -0.25) is 4.79 Å². The summed E-state index contributed by atoms with van der Waals surface area (Å²) in [6, 6.07) is 29.5. The quantitative estimate of drug-likeness (QED) is 0.224. The largest absolute Gasteiger partial charge is 0.497 e. The summed E-state index contributed by atoms with van der Waals surface area (Å²) in [5.41, 5.74) is 6.09. The van der Waals surface area contributed by atoms with Crippen LogP contribution in [0.1, 0.15) is 29.0 Å². The van der Waals surface area contributed by atoms with E-state index in [1.54, 1.807) is 18.4 Å². The Morgan fingerprint density at radius 3 is 2.36 bits per heavy atom. The Kier molecular flexibility index (Phi) is 7.37. The Morgan fingerprint density at radius 1 is 0.897 bits per heavy atom. The number of hydrogen-bond donors (Lipinski definition) is 0. The third kappa shape index (κ3) is 5.43. The highest BCUT2D eigenvalue weighted by atomic mass is 32.1. The Morgan fingerprint density at radius 2 is 1.64 bits per heavy atom. The van der Waals surface area contributed by atoms with Gasteiger partial charge in [0.05, 0.1) is 7.11 Å². The van der Waals surface area contributed by atoms with Crippen molar-refractivity contribution in [2.75, 3.05) is 38.2 Å². The minimum absolute atomic E-state index is 0.0188. The number of benzene rings is 3. The van der Waals surface area contributed by atoms with Crippen molar-refractivity contribution in [2.24, 2.45) is 0 Å². The molecule has 1 amide bonds. The fourth-order valence-corrected chi connectivity index (χ4v) is 6.37. The van der Waals surface area contributed by atoms with Crippen LogP contribution in [-0.4, -0.2) is 48.7 Å². The first-order valence-corrected chi connectivity index (χ1v) is 14.4. The lowest BCUT2D eigenvalue weighted by atomic mass is 9.89. The van der Waals surface area contributed by atoms with Crippen LogP contribution >= 0.6 is 11.3 Å². The third-order valence-corrected chi connectivity index (χ3v) is 8.49. The van der Waals surface area contributed by atoms with E-state index in [4.69, 9.17) is 4.74 Å². The molecule has 3 heterocycles. The maximum absolute atomic E-state index is 13.7. The molecule has 1 unspecified atom stereocenters. The molecule has 1 aliphatic rings. The molecule has 0 aliphatic carbocycles. The predicted molar refractivity (Wildman–Crippen MR) is 160 cm³/mol. The summed E-state index contributed by atoms with van der Waals surface area (Å²) in [5, 5.41) is 5.54. The Bertz CT molecular complexity index is 1520. The molecule has 5 aromatic rings. The van der Waals surface area contributed by atoms with Gasteiger partial charge in [0, 0.05) is 67.8 Å². The van der Waals surface area contributed by atoms with Gasteiger partial charge in [0.2, 0.25) is 5.91 Å². The lowest BCUT2D eigenvalue weighted by Gasteiger charge is -2.36. The fourth-order valence-electron chi connectivity index (χ4n) is 5.66. The number of carbonyl (C=O) groups excluding carboxylic acids is 1. The van der Waals surface area contributed by atoms with Crippen LogP contribution in [0.25, 0.3) is 10.9 Å². The molecule has 0 bridgehead atoms. The number of rotatable bonds is 8. The van der Waals surface area contributed by atoms with Gasteiger partial charge in [-0.15, -0.1) is 0 Å². The number of hydrogen-bond acceptors (Lipinski definition) is 4. The normalized spacial score (nSPS) is 14.5. The molecule has 39 heavy (non-hydrogen) atoms. The highest BCUT2D eigenvalue weighted by molar-refractivity contribution is 7.08. The zero-order valence-corrected chi connectivity index (χ0v) is 23.0. The summed E-state index contributed by atoms with van der Waals surface area (Å²) in [6.45, 7) is 3.93. The van der Waals surface area contributed by atoms with Crippen LogP contribution in [0.2, 0.25) is 0 Å². The van der Waals surface area contributed by atoms with Crippen LogP contribution in [0.5, 0.6) is 5.75 Å². The van der Waals surface area contributed by atoms with Gasteiger partial charge >= 0.3 is 0 Å². The number of carbonyl (C=O) groups is 1. The lowest BCUT2D eigenvalue weighted by molar-refractivity contribution is -0.131. The van der Waals surface area contributed by atoms with Crippen molar-refractivity contribution in [1.82, 2.24) is 9.47 Å². The van der Waals surface area contributed by atoms with Crippen LogP contribution in [0, 0.1) is 0 Å². The monoisotopic (exact) mass is 535 g/mol. The summed E-state index contributed by atoms with van der Waals surface area (Å²) < 4.78 is 7.63. The van der Waals surface area contributed by atoms with Crippen molar-refractivity contribution in [3.63, 3.8) is 0 Å². The second-order valence-corrected chi connectivity index (χ2v) is 10.9. The number of ether oxygens (including phenoxy) is 1. The van der Waals surface area contributed by atoms with E-state index in [9.17, 15) is 4.79 Å². The Hall–Kier alpha value is -4.03. The molecule has 0 spiro atoms. The average Bonchev–Trinajstić information content (AvgIpc) is 3.66. The van der Waals surface area contributed by atoms with Crippen LogP contribution in [-0.2, 0) is 11.3 Å². The fraction of sp³-hybridized carbons (Fsp3) is 0.242. The number of piperazine rings is 1. The summed E-state index contributed by atoms with van der Waals surface area (Å²) >= 11 is 1.69. The number of para-hydroxylation sites is 1. The minimum atomic E-state index is 0.0188. The van der Waals surface area contributed by atoms with E-state index in [0.717, 1.165) is 38.5 Å². The SMILES string of the molecule is COc1ccc(N2CCN(C(=O)CC(c3ccsc3)c3cn(Cc4ccccc4)c4ccccc34)CC2)cc1. The molecule has 0 N–H and O–H groups in total. The van der Waals surface area contributed by atoms with Crippen molar-refractivity contribution < 1.29 is 9.53 Å². The minimum Gasteiger partial charge on any atom is -0.497 e. The van der Waals surface area contributed by atoms with Crippen molar-refractivity contribution in [1.29, 1.82) is 0 Å². The second-order valence-electron chi connectivity index (χ2n) is 10.1. The Labute approximate surface area is 233 Å². The van der Waals surface area contributed by atoms with E-state index in [1.165, 1.54) is 33.3 Å². The molecule has 1 fully saturated rings. The van der Waals surface area contributed by atoms with E-state index in [2.05, 4.69) is 99.2 Å². The molecule has 0 radical (unpaired) electrons. The average molecular weight is 536 g/mol. The van der Waals surface area contributed by atoms with Gasteiger partial charge in [-0.2, -0.15) is 11.3 Å². The molecule has 3 aromatic carbocycles. The number of amides is 1. The lowest BCUT2D eigenvalue weighted by Crippen LogP contribution is -2.49. The topological polar surface area (TPSA) is 37.7 Å². The molecule has 1 aliphatic heterocycles. The van der Waals surface area contributed by atoms with Gasteiger partial charge in [-0.05, 0) is 63.8 Å². The van der Waals surface area contributed by atoms with E-state index in [0.29, 0.717) is 6.42 Å². The van der Waals surface area contributed by atoms with Gasteiger partial charge < -0.3 is 19.1 Å². The van der Waals surface area contributed by atoms with Gasteiger partial charge in [0.15, 0.2) is 0 Å². The van der Waals surface area contributed by atoms with Crippen molar-refractivity contribution in [2.45, 2.75) is 18.9 Å². The summed E-state index contributed by atoms with van der Waals surface area (Å²) in [6.07, 6.45) is 2.74. The van der Waals surface area contributed by atoms with Crippen LogP contribution in [0.4, 0.5) is 5.69 Å². The number of thiophene rings is 1. The molecule has 6 heteroatoms. The van der Waals surface area contributed by atoms with E-state index >= 15 is 0 Å². The van der Waals surface area contributed by atoms with E-state index in [1.807, 2.05) is 17.0 Å². The Balaban J connectivity index is 1.22. The first kappa shape index (κ1) is 25.3. The van der Waals surface area contributed by atoms with Gasteiger partial charge in [-0.1, -0.05) is 48.5 Å². The van der Waals surface area contributed by atoms with E-state index in [-0.39, 0.29) is 11.8 Å². The molecule has 198 valence electrons. The molecule has 1 saturated heterocycles. The molecular weight excluding hydrogens is 502 g/mol. The van der Waals surface area contributed by atoms with Crippen LogP contribution < -0.4 is 9.64 Å². The highest BCUT2D eigenvalue weighted by Crippen LogP contribution is 2.36. The maximum atomic E-state index is 13.7. The van der Waals surface area contributed by atoms with Gasteiger partial charge in [-0.25, -0.2) is 0 Å². The smallest absolute Gasteiger partial charge is 0.223 e. The highest BCUT2D eigenvalue weighted by Gasteiger charge is 2.27. The second kappa shape index (κ2) is 11.4. The van der Waals surface area contributed by atoms with Crippen LogP contribution in [0.3, 0.4) is 0 Å². The number of nitrogens with zero attached hydrogens (tertiary/aromatic N) is 3. The molecular formula is C33H33N3O2S.